The van der Waals surface area contributed by atoms with Gasteiger partial charge >= 0.3 is 23.9 Å². The maximum Gasteiger partial charge on any atom is 0.317 e. The zero-order chi connectivity index (χ0) is 43.2. The van der Waals surface area contributed by atoms with Crippen LogP contribution in [0.25, 0.3) is 17.2 Å². The zero-order valence-corrected chi connectivity index (χ0v) is 32.5. The monoisotopic (exact) mass is 824 g/mol. The molecule has 3 aromatic heterocycles. The molecule has 4 heterocycles. The van der Waals surface area contributed by atoms with Crippen LogP contribution in [-0.4, -0.2) is 129 Å². The van der Waals surface area contributed by atoms with Gasteiger partial charge in [0.25, 0.3) is 11.8 Å². The van der Waals surface area contributed by atoms with Crippen LogP contribution in [0.1, 0.15) is 48.2 Å². The number of carbonyl (C=O) groups excluding carboxylic acids is 3. The average Bonchev–Trinajstić information content (AvgIpc) is 3.75. The van der Waals surface area contributed by atoms with Gasteiger partial charge < -0.3 is 25.7 Å². The summed E-state index contributed by atoms with van der Waals surface area (Å²) in [6, 6.07) is 17.5. The van der Waals surface area contributed by atoms with Gasteiger partial charge in [-0.15, -0.1) is 0 Å². The van der Waals surface area contributed by atoms with E-state index >= 15 is 0 Å². The molecule has 0 bridgehead atoms. The van der Waals surface area contributed by atoms with Crippen LogP contribution < -0.4 is 5.32 Å². The number of hydrogen-bond donors (Lipinski definition) is 5. The van der Waals surface area contributed by atoms with E-state index in [0.717, 1.165) is 11.1 Å². The van der Waals surface area contributed by atoms with Crippen molar-refractivity contribution in [2.45, 2.75) is 51.6 Å². The minimum absolute atomic E-state index is 0.0556. The van der Waals surface area contributed by atoms with E-state index < -0.39 is 50.1 Å². The fourth-order valence-corrected chi connectivity index (χ4v) is 6.51. The van der Waals surface area contributed by atoms with Crippen LogP contribution in [-0.2, 0) is 59.5 Å². The van der Waals surface area contributed by atoms with Crippen LogP contribution in [0.5, 0.6) is 0 Å². The first-order valence-electron chi connectivity index (χ1n) is 19.0. The quantitative estimate of drug-likeness (QED) is 0.0502. The summed E-state index contributed by atoms with van der Waals surface area (Å²) in [7, 11) is 0. The molecular formula is C41H44N8O11. The molecule has 19 heteroatoms. The van der Waals surface area contributed by atoms with E-state index in [2.05, 4.69) is 10.3 Å². The highest BCUT2D eigenvalue weighted by molar-refractivity contribution is 6.12. The number of anilines is 1. The number of carboxylic acid groups (broad SMARTS) is 4. The minimum atomic E-state index is -1.19. The number of rotatable bonds is 24. The molecule has 0 saturated heterocycles. The normalized spacial score (nSPS) is 12.4. The van der Waals surface area contributed by atoms with Gasteiger partial charge in [0.15, 0.2) is 5.82 Å². The van der Waals surface area contributed by atoms with Crippen LogP contribution in [0, 0.1) is 0 Å². The molecule has 0 aliphatic carbocycles. The van der Waals surface area contributed by atoms with E-state index in [4.69, 9.17) is 10.1 Å². The summed E-state index contributed by atoms with van der Waals surface area (Å²) in [5.41, 5.74) is 4.05. The minimum Gasteiger partial charge on any atom is -0.480 e. The first-order valence-corrected chi connectivity index (χ1v) is 19.0. The molecule has 1 aliphatic rings. The van der Waals surface area contributed by atoms with Crippen LogP contribution in [0.15, 0.2) is 79.0 Å². The van der Waals surface area contributed by atoms with Crippen molar-refractivity contribution in [1.29, 1.82) is 0 Å². The number of hydrogen-bond acceptors (Lipinski definition) is 12. The van der Waals surface area contributed by atoms with Gasteiger partial charge in [0, 0.05) is 55.7 Å². The number of aryl methyl sites for hydroxylation is 2. The summed E-state index contributed by atoms with van der Waals surface area (Å²) in [4.78, 5) is 94.6. The SMILES string of the molecule is O=C(O)CN(CC(=O)O)Cc1cccc(-c2nn(-c3cccc(CN(CC(=O)O)CC(=O)O)n3)cc2CCc2ccc(NC(=O)CCCCCN3C(=O)C=CC3=O)cc2)n1. The predicted octanol–water partition coefficient (Wildman–Crippen LogP) is 2.48. The summed E-state index contributed by atoms with van der Waals surface area (Å²) in [5.74, 6) is -5.19. The molecule has 1 aliphatic heterocycles. The molecule has 5 rings (SSSR count). The Morgan fingerprint density at radius 3 is 1.80 bits per heavy atom. The number of carbonyl (C=O) groups is 7. The predicted molar refractivity (Wildman–Crippen MR) is 212 cm³/mol. The lowest BCUT2D eigenvalue weighted by atomic mass is 10.0. The molecule has 0 unspecified atom stereocenters. The molecule has 0 saturated carbocycles. The summed E-state index contributed by atoms with van der Waals surface area (Å²) < 4.78 is 1.53. The highest BCUT2D eigenvalue weighted by Gasteiger charge is 2.23. The van der Waals surface area contributed by atoms with Crippen molar-refractivity contribution >= 4 is 47.3 Å². The number of aliphatic carboxylic acids is 4. The molecule has 314 valence electrons. The molecule has 60 heavy (non-hydrogen) atoms. The Balaban J connectivity index is 1.30. The van der Waals surface area contributed by atoms with Gasteiger partial charge in [-0.05, 0) is 67.6 Å². The molecule has 19 nitrogen and oxygen atoms in total. The maximum absolute atomic E-state index is 12.6. The maximum atomic E-state index is 12.6. The number of aromatic nitrogens is 4. The summed E-state index contributed by atoms with van der Waals surface area (Å²) in [6.45, 7) is -1.83. The van der Waals surface area contributed by atoms with Gasteiger partial charge in [0.1, 0.15) is 5.69 Å². The Bertz CT molecular complexity index is 2210. The Kier molecular flexibility index (Phi) is 15.4. The highest BCUT2D eigenvalue weighted by atomic mass is 16.4. The fourth-order valence-electron chi connectivity index (χ4n) is 6.51. The number of amides is 3. The van der Waals surface area contributed by atoms with E-state index in [1.54, 1.807) is 54.7 Å². The summed E-state index contributed by atoms with van der Waals surface area (Å²) >= 11 is 0. The van der Waals surface area contributed by atoms with Gasteiger partial charge in [-0.1, -0.05) is 30.7 Å². The van der Waals surface area contributed by atoms with Crippen molar-refractivity contribution in [1.82, 2.24) is 34.4 Å². The van der Waals surface area contributed by atoms with Gasteiger partial charge in [0.2, 0.25) is 5.91 Å². The molecular weight excluding hydrogens is 780 g/mol. The molecule has 0 atom stereocenters. The van der Waals surface area contributed by atoms with Crippen LogP contribution in [0.2, 0.25) is 0 Å². The highest BCUT2D eigenvalue weighted by Crippen LogP contribution is 2.25. The molecule has 3 amide bonds. The van der Waals surface area contributed by atoms with E-state index in [1.165, 1.54) is 31.5 Å². The first-order chi connectivity index (χ1) is 28.7. The Labute approximate surface area is 343 Å². The fraction of sp³-hybridized carbons (Fsp3) is 0.317. The number of imide groups is 1. The second-order valence-electron chi connectivity index (χ2n) is 14.0. The van der Waals surface area contributed by atoms with E-state index in [1.807, 2.05) is 12.1 Å². The number of carboxylic acids is 4. The molecule has 0 radical (unpaired) electrons. The third-order valence-corrected chi connectivity index (χ3v) is 9.18. The third kappa shape index (κ3) is 13.5. The first kappa shape index (κ1) is 44.0. The number of pyridine rings is 2. The van der Waals surface area contributed by atoms with E-state index in [9.17, 15) is 54.0 Å². The third-order valence-electron chi connectivity index (χ3n) is 9.18. The number of benzene rings is 1. The standard InChI is InChI=1S/C41H44N8O11/c50-34(10-2-1-3-19-48-35(51)17-18-36(48)52)44-29-15-12-27(13-16-29)11-14-28-20-49(33-9-5-7-31(43-33)22-47(25-39(57)58)26-40(59)60)45-41(28)32-8-4-6-30(42-32)21-46(23-37(53)54)24-38(55)56/h4-9,12-13,15-18,20H,1-3,10-11,14,19,21-26H2,(H,44,50)(H,53,54)(H,55,56)(H,57,58)(H,59,60). The van der Waals surface area contributed by atoms with E-state index in [-0.39, 0.29) is 37.2 Å². The average molecular weight is 825 g/mol. The van der Waals surface area contributed by atoms with Gasteiger partial charge in [-0.25, -0.2) is 14.6 Å². The number of unbranched alkanes of at least 4 members (excludes halogenated alkanes) is 2. The van der Waals surface area contributed by atoms with Crippen molar-refractivity contribution < 1.29 is 54.0 Å². The van der Waals surface area contributed by atoms with Gasteiger partial charge in [-0.2, -0.15) is 5.10 Å². The van der Waals surface area contributed by atoms with Crippen molar-refractivity contribution in [2.75, 3.05) is 38.0 Å². The van der Waals surface area contributed by atoms with Crippen molar-refractivity contribution in [3.05, 3.63) is 102 Å². The van der Waals surface area contributed by atoms with Crippen molar-refractivity contribution in [3.8, 4) is 17.2 Å². The summed E-state index contributed by atoms with van der Waals surface area (Å²) in [6.07, 6.45) is 7.43. The number of nitrogens with one attached hydrogen (secondary N) is 1. The molecule has 1 aromatic carbocycles. The largest absolute Gasteiger partial charge is 0.480 e. The van der Waals surface area contributed by atoms with Gasteiger partial charge in [-0.3, -0.25) is 48.3 Å². The van der Waals surface area contributed by atoms with Crippen LogP contribution >= 0.6 is 0 Å². The Morgan fingerprint density at radius 2 is 1.22 bits per heavy atom. The second-order valence-corrected chi connectivity index (χ2v) is 14.0. The van der Waals surface area contributed by atoms with Crippen LogP contribution in [0.3, 0.4) is 0 Å². The molecule has 4 aromatic rings. The number of nitrogens with zero attached hydrogens (tertiary/aromatic N) is 7. The van der Waals surface area contributed by atoms with Crippen molar-refractivity contribution in [2.24, 2.45) is 0 Å². The Morgan fingerprint density at radius 1 is 0.650 bits per heavy atom. The van der Waals surface area contributed by atoms with Gasteiger partial charge in [0.05, 0.1) is 43.3 Å². The molecule has 5 N–H and O–H groups in total. The topological polar surface area (TPSA) is 266 Å². The smallest absolute Gasteiger partial charge is 0.317 e. The lowest BCUT2D eigenvalue weighted by Crippen LogP contribution is -2.34. The Hall–Kier alpha value is -7.12. The summed E-state index contributed by atoms with van der Waals surface area (Å²) in [5, 5.41) is 44.9. The van der Waals surface area contributed by atoms with Crippen molar-refractivity contribution in [3.63, 3.8) is 0 Å². The lowest BCUT2D eigenvalue weighted by molar-refractivity contribution is -0.144. The molecule has 0 fully saturated rings. The lowest BCUT2D eigenvalue weighted by Gasteiger charge is -2.17. The van der Waals surface area contributed by atoms with Crippen LogP contribution in [0.4, 0.5) is 5.69 Å². The molecule has 0 spiro atoms. The zero-order valence-electron chi connectivity index (χ0n) is 32.5. The van der Waals surface area contributed by atoms with E-state index in [0.29, 0.717) is 72.9 Å². The second kappa shape index (κ2) is 21.0.